The lowest BCUT2D eigenvalue weighted by molar-refractivity contribution is 0.0270. The Morgan fingerprint density at radius 2 is 2.14 bits per heavy atom. The third-order valence-corrected chi connectivity index (χ3v) is 5.05. The number of hydrogen-bond donors (Lipinski definition) is 1. The molecule has 0 atom stereocenters. The lowest BCUT2D eigenvalue weighted by Crippen LogP contribution is -2.39. The van der Waals surface area contributed by atoms with E-state index < -0.39 is 5.60 Å². The molecule has 0 bridgehead atoms. The number of aromatic nitrogens is 2. The smallest absolute Gasteiger partial charge is 0.410 e. The van der Waals surface area contributed by atoms with E-state index in [1.165, 1.54) is 11.9 Å². The quantitative estimate of drug-likeness (QED) is 0.676. The highest BCUT2D eigenvalue weighted by molar-refractivity contribution is 6.30. The summed E-state index contributed by atoms with van der Waals surface area (Å²) in [4.78, 5) is 22.3. The largest absolute Gasteiger partial charge is 0.486 e. The minimum absolute atomic E-state index is 0.280. The van der Waals surface area contributed by atoms with Gasteiger partial charge in [-0.05, 0) is 50.5 Å². The number of amides is 1. The number of hydrogen-bond acceptors (Lipinski definition) is 6. The van der Waals surface area contributed by atoms with Crippen LogP contribution in [0.2, 0.25) is 5.15 Å². The van der Waals surface area contributed by atoms with E-state index in [0.717, 1.165) is 29.0 Å². The van der Waals surface area contributed by atoms with Crippen molar-refractivity contribution in [1.82, 2.24) is 14.9 Å². The maximum Gasteiger partial charge on any atom is 0.410 e. The van der Waals surface area contributed by atoms with Gasteiger partial charge in [0.05, 0.1) is 11.3 Å². The van der Waals surface area contributed by atoms with Crippen molar-refractivity contribution in [2.75, 3.05) is 18.4 Å². The van der Waals surface area contributed by atoms with Crippen molar-refractivity contribution in [2.24, 2.45) is 0 Å². The number of nitrogens with zero attached hydrogens (tertiary/aromatic N) is 3. The molecule has 1 amide bonds. The number of carbonyl (C=O) groups is 1. The zero-order chi connectivity index (χ0) is 20.6. The number of anilines is 2. The number of benzene rings is 1. The molecule has 3 heterocycles. The second-order valence-corrected chi connectivity index (χ2v) is 8.38. The van der Waals surface area contributed by atoms with Gasteiger partial charge in [0.2, 0.25) is 0 Å². The summed E-state index contributed by atoms with van der Waals surface area (Å²) in [6.07, 6.45) is 3.97. The third-order valence-electron chi connectivity index (χ3n) is 4.73. The molecule has 0 saturated heterocycles. The van der Waals surface area contributed by atoms with Crippen molar-refractivity contribution in [2.45, 2.75) is 39.4 Å². The van der Waals surface area contributed by atoms with E-state index in [-0.39, 0.29) is 6.09 Å². The van der Waals surface area contributed by atoms with Crippen LogP contribution in [0.3, 0.4) is 0 Å². The number of ether oxygens (including phenoxy) is 2. The maximum absolute atomic E-state index is 12.3. The molecule has 8 heteroatoms. The van der Waals surface area contributed by atoms with Crippen LogP contribution in [0, 0.1) is 0 Å². The van der Waals surface area contributed by atoms with Gasteiger partial charge in [0.15, 0.2) is 0 Å². The van der Waals surface area contributed by atoms with Gasteiger partial charge < -0.3 is 19.7 Å². The number of nitrogens with one attached hydrogen (secondary N) is 1. The summed E-state index contributed by atoms with van der Waals surface area (Å²) in [5.41, 5.74) is 3.32. The minimum atomic E-state index is -0.494. The highest BCUT2D eigenvalue weighted by Crippen LogP contribution is 2.37. The summed E-state index contributed by atoms with van der Waals surface area (Å²) < 4.78 is 11.3. The Morgan fingerprint density at radius 3 is 2.86 bits per heavy atom. The van der Waals surface area contributed by atoms with Crippen LogP contribution in [0.1, 0.15) is 38.3 Å². The van der Waals surface area contributed by atoms with E-state index in [1.54, 1.807) is 4.90 Å². The summed E-state index contributed by atoms with van der Waals surface area (Å²) in [5.74, 6) is 1.38. The molecule has 4 rings (SSSR count). The van der Waals surface area contributed by atoms with E-state index in [2.05, 4.69) is 21.4 Å². The lowest BCUT2D eigenvalue weighted by atomic mass is 9.99. The van der Waals surface area contributed by atoms with Crippen LogP contribution in [0.5, 0.6) is 5.75 Å². The minimum Gasteiger partial charge on any atom is -0.486 e. The molecular formula is C21H23ClN4O3. The van der Waals surface area contributed by atoms with E-state index in [4.69, 9.17) is 21.1 Å². The summed E-state index contributed by atoms with van der Waals surface area (Å²) in [6, 6.07) is 6.00. The van der Waals surface area contributed by atoms with Crippen LogP contribution in [-0.4, -0.2) is 39.7 Å². The van der Waals surface area contributed by atoms with E-state index >= 15 is 0 Å². The van der Waals surface area contributed by atoms with Crippen LogP contribution < -0.4 is 10.1 Å². The molecule has 0 fully saturated rings. The van der Waals surface area contributed by atoms with Crippen LogP contribution in [0.25, 0.3) is 5.57 Å². The average Bonchev–Trinajstić information content (AvgIpc) is 2.86. The molecule has 0 saturated carbocycles. The van der Waals surface area contributed by atoms with Crippen molar-refractivity contribution in [3.8, 4) is 5.75 Å². The van der Waals surface area contributed by atoms with Crippen molar-refractivity contribution < 1.29 is 14.3 Å². The van der Waals surface area contributed by atoms with Gasteiger partial charge in [-0.1, -0.05) is 23.7 Å². The van der Waals surface area contributed by atoms with Gasteiger partial charge in [0.25, 0.3) is 0 Å². The molecule has 2 aliphatic rings. The number of carbonyl (C=O) groups excluding carboxylic acids is 1. The Labute approximate surface area is 174 Å². The highest BCUT2D eigenvalue weighted by atomic mass is 35.5. The van der Waals surface area contributed by atoms with Crippen LogP contribution >= 0.6 is 11.6 Å². The first-order chi connectivity index (χ1) is 13.8. The van der Waals surface area contributed by atoms with Crippen LogP contribution in [0.4, 0.5) is 16.3 Å². The van der Waals surface area contributed by atoms with Crippen molar-refractivity contribution in [3.05, 3.63) is 46.9 Å². The van der Waals surface area contributed by atoms with E-state index in [1.807, 2.05) is 39.0 Å². The lowest BCUT2D eigenvalue weighted by Gasteiger charge is -2.29. The van der Waals surface area contributed by atoms with Crippen molar-refractivity contribution in [3.63, 3.8) is 0 Å². The van der Waals surface area contributed by atoms with Crippen molar-refractivity contribution >= 4 is 34.8 Å². The summed E-state index contributed by atoms with van der Waals surface area (Å²) in [6.45, 7) is 7.07. The molecule has 2 aromatic rings. The predicted octanol–water partition coefficient (Wildman–Crippen LogP) is 4.79. The molecule has 2 aliphatic heterocycles. The Bertz CT molecular complexity index is 984. The fourth-order valence-corrected chi connectivity index (χ4v) is 3.47. The van der Waals surface area contributed by atoms with Gasteiger partial charge in [-0.15, -0.1) is 0 Å². The SMILES string of the molecule is CC(C)(C)OC(=O)N1CC=C(c2ccc3c(c2)Nc2ncnc(Cl)c2CO3)CC1. The Kier molecular flexibility index (Phi) is 5.08. The molecule has 0 aliphatic carbocycles. The fraction of sp³-hybridized carbons (Fsp3) is 0.381. The second-order valence-electron chi connectivity index (χ2n) is 8.02. The Balaban J connectivity index is 1.52. The fourth-order valence-electron chi connectivity index (χ4n) is 3.28. The first-order valence-corrected chi connectivity index (χ1v) is 9.88. The van der Waals surface area contributed by atoms with Crippen LogP contribution in [0.15, 0.2) is 30.6 Å². The molecule has 1 aromatic carbocycles. The normalized spacial score (nSPS) is 15.9. The molecule has 0 radical (unpaired) electrons. The topological polar surface area (TPSA) is 76.6 Å². The third kappa shape index (κ3) is 4.29. The summed E-state index contributed by atoms with van der Waals surface area (Å²) in [5, 5.41) is 3.69. The Morgan fingerprint density at radius 1 is 1.31 bits per heavy atom. The van der Waals surface area contributed by atoms with Gasteiger partial charge in [-0.3, -0.25) is 0 Å². The molecule has 7 nitrogen and oxygen atoms in total. The van der Waals surface area contributed by atoms with Crippen molar-refractivity contribution in [1.29, 1.82) is 0 Å². The van der Waals surface area contributed by atoms with Gasteiger partial charge >= 0.3 is 6.09 Å². The average molecular weight is 415 g/mol. The molecule has 0 unspecified atom stereocenters. The maximum atomic E-state index is 12.3. The number of rotatable bonds is 1. The molecule has 1 aromatic heterocycles. The molecule has 152 valence electrons. The monoisotopic (exact) mass is 414 g/mol. The summed E-state index contributed by atoms with van der Waals surface area (Å²) in [7, 11) is 0. The van der Waals surface area contributed by atoms with E-state index in [9.17, 15) is 4.79 Å². The van der Waals surface area contributed by atoms with Gasteiger partial charge in [0, 0.05) is 13.1 Å². The zero-order valence-electron chi connectivity index (χ0n) is 16.7. The Hall–Kier alpha value is -2.80. The van der Waals surface area contributed by atoms with Gasteiger partial charge in [-0.25, -0.2) is 14.8 Å². The highest BCUT2D eigenvalue weighted by Gasteiger charge is 2.24. The number of fused-ring (bicyclic) bond motifs is 2. The standard InChI is InChI=1S/C21H23ClN4O3/c1-21(2,3)29-20(27)26-8-6-13(7-9-26)14-4-5-17-16(10-14)25-19-15(11-28-17)18(22)23-12-24-19/h4-6,10,12H,7-9,11H2,1-3H3,(H,23,24,25). The van der Waals surface area contributed by atoms with Gasteiger partial charge in [0.1, 0.15) is 35.3 Å². The molecule has 0 spiro atoms. The summed E-state index contributed by atoms with van der Waals surface area (Å²) >= 11 is 6.17. The van der Waals surface area contributed by atoms with Gasteiger partial charge in [-0.2, -0.15) is 0 Å². The van der Waals surface area contributed by atoms with Crippen LogP contribution in [-0.2, 0) is 11.3 Å². The molecule has 1 N–H and O–H groups in total. The second kappa shape index (κ2) is 7.55. The first kappa shape index (κ1) is 19.5. The van der Waals surface area contributed by atoms with E-state index in [0.29, 0.717) is 30.7 Å². The number of halogens is 1. The molecule has 29 heavy (non-hydrogen) atoms. The first-order valence-electron chi connectivity index (χ1n) is 9.51. The predicted molar refractivity (Wildman–Crippen MR) is 111 cm³/mol. The molecular weight excluding hydrogens is 392 g/mol. The zero-order valence-corrected chi connectivity index (χ0v) is 17.4.